The van der Waals surface area contributed by atoms with Crippen molar-refractivity contribution in [2.24, 2.45) is 0 Å². The number of sulfonamides is 1. The molecule has 0 spiro atoms. The van der Waals surface area contributed by atoms with E-state index in [1.807, 2.05) is 17.5 Å². The molecule has 1 heterocycles. The van der Waals surface area contributed by atoms with Crippen LogP contribution in [0, 0.1) is 0 Å². The highest BCUT2D eigenvalue weighted by Gasteiger charge is 2.34. The third-order valence-electron chi connectivity index (χ3n) is 3.96. The molecular weight excluding hydrogens is 376 g/mol. The summed E-state index contributed by atoms with van der Waals surface area (Å²) in [5, 5.41) is 10.9. The van der Waals surface area contributed by atoms with Crippen LogP contribution in [0.1, 0.15) is 28.1 Å². The number of amides is 1. The number of hydrogen-bond donors (Lipinski definition) is 2. The highest BCUT2D eigenvalue weighted by molar-refractivity contribution is 7.89. The van der Waals surface area contributed by atoms with Crippen LogP contribution in [0.25, 0.3) is 0 Å². The van der Waals surface area contributed by atoms with Crippen molar-refractivity contribution in [2.75, 3.05) is 6.54 Å². The number of carbonyl (C=O) groups is 2. The first kappa shape index (κ1) is 18.6. The first-order valence-corrected chi connectivity index (χ1v) is 10.4. The molecule has 7 nitrogen and oxygen atoms in total. The number of nitrogens with one attached hydrogen (secondary N) is 1. The van der Waals surface area contributed by atoms with Crippen LogP contribution in [0.3, 0.4) is 0 Å². The van der Waals surface area contributed by atoms with E-state index in [1.165, 1.54) is 40.5 Å². The quantitative estimate of drug-likeness (QED) is 0.712. The predicted octanol–water partition coefficient (Wildman–Crippen LogP) is 1.92. The van der Waals surface area contributed by atoms with Gasteiger partial charge in [-0.05, 0) is 42.5 Å². The molecule has 1 aliphatic rings. The number of thiophene rings is 1. The third kappa shape index (κ3) is 4.48. The van der Waals surface area contributed by atoms with Crippen LogP contribution < -0.4 is 4.72 Å². The van der Waals surface area contributed by atoms with Gasteiger partial charge in [0, 0.05) is 23.0 Å². The molecule has 1 aliphatic carbocycles. The largest absolute Gasteiger partial charge is 0.480 e. The molecule has 0 saturated heterocycles. The van der Waals surface area contributed by atoms with Crippen molar-refractivity contribution in [3.05, 3.63) is 52.2 Å². The number of carboxylic acid groups (broad SMARTS) is 1. The highest BCUT2D eigenvalue weighted by Crippen LogP contribution is 2.28. The summed E-state index contributed by atoms with van der Waals surface area (Å²) in [5.74, 6) is -1.56. The van der Waals surface area contributed by atoms with Crippen LogP contribution in [0.5, 0.6) is 0 Å². The fourth-order valence-electron chi connectivity index (χ4n) is 2.52. The van der Waals surface area contributed by atoms with E-state index in [1.54, 1.807) is 0 Å². The van der Waals surface area contributed by atoms with Gasteiger partial charge in [0.1, 0.15) is 6.54 Å². The first-order chi connectivity index (χ1) is 12.4. The first-order valence-electron chi connectivity index (χ1n) is 8.02. The molecular formula is C17H18N2O5S2. The topological polar surface area (TPSA) is 104 Å². The van der Waals surface area contributed by atoms with Gasteiger partial charge in [-0.25, -0.2) is 13.1 Å². The van der Waals surface area contributed by atoms with Crippen LogP contribution in [-0.2, 0) is 21.4 Å². The maximum atomic E-state index is 12.6. The van der Waals surface area contributed by atoms with Crippen molar-refractivity contribution < 1.29 is 23.1 Å². The van der Waals surface area contributed by atoms with Gasteiger partial charge in [-0.2, -0.15) is 0 Å². The molecule has 1 fully saturated rings. The summed E-state index contributed by atoms with van der Waals surface area (Å²) in [6.07, 6.45) is 1.53. The van der Waals surface area contributed by atoms with Crippen LogP contribution >= 0.6 is 11.3 Å². The maximum absolute atomic E-state index is 12.6. The van der Waals surface area contributed by atoms with E-state index < -0.39 is 28.4 Å². The number of nitrogens with zero attached hydrogens (tertiary/aromatic N) is 1. The van der Waals surface area contributed by atoms with Crippen molar-refractivity contribution in [1.82, 2.24) is 9.62 Å². The molecule has 0 radical (unpaired) electrons. The Morgan fingerprint density at radius 1 is 1.23 bits per heavy atom. The van der Waals surface area contributed by atoms with Crippen LogP contribution in [0.15, 0.2) is 46.7 Å². The van der Waals surface area contributed by atoms with Gasteiger partial charge >= 0.3 is 5.97 Å². The minimum absolute atomic E-state index is 0.0222. The zero-order valence-corrected chi connectivity index (χ0v) is 15.4. The van der Waals surface area contributed by atoms with Crippen LogP contribution in [0.2, 0.25) is 0 Å². The standard InChI is InChI=1S/C17H18N2O5S2/c20-16(21)11-19(13-6-7-13)17(22)12-3-1-5-15(9-12)26(23,24)18-10-14-4-2-8-25-14/h1-5,8-9,13,18H,6-7,10-11H2,(H,20,21). The molecule has 9 heteroatoms. The lowest BCUT2D eigenvalue weighted by molar-refractivity contribution is -0.137. The van der Waals surface area contributed by atoms with Crippen molar-refractivity contribution in [3.63, 3.8) is 0 Å². The normalized spacial score (nSPS) is 14.2. The van der Waals surface area contributed by atoms with Gasteiger partial charge in [-0.3, -0.25) is 9.59 Å². The van der Waals surface area contributed by atoms with Crippen molar-refractivity contribution in [3.8, 4) is 0 Å². The lowest BCUT2D eigenvalue weighted by Gasteiger charge is -2.20. The SMILES string of the molecule is O=C(O)CN(C(=O)c1cccc(S(=O)(=O)NCc2cccs2)c1)C1CC1. The second-order valence-corrected chi connectivity index (χ2v) is 8.79. The summed E-state index contributed by atoms with van der Waals surface area (Å²) in [6.45, 7) is -0.220. The molecule has 3 rings (SSSR count). The fraction of sp³-hybridized carbons (Fsp3) is 0.294. The smallest absolute Gasteiger partial charge is 0.323 e. The summed E-state index contributed by atoms with van der Waals surface area (Å²) in [4.78, 5) is 25.8. The summed E-state index contributed by atoms with van der Waals surface area (Å²) in [6, 6.07) is 9.25. The Kier molecular flexibility index (Phi) is 5.40. The van der Waals surface area contributed by atoms with Crippen molar-refractivity contribution >= 4 is 33.2 Å². The maximum Gasteiger partial charge on any atom is 0.323 e. The Balaban J connectivity index is 1.78. The van der Waals surface area contributed by atoms with E-state index in [9.17, 15) is 18.0 Å². The molecule has 138 valence electrons. The van der Waals surface area contributed by atoms with Crippen molar-refractivity contribution in [1.29, 1.82) is 0 Å². The van der Waals surface area contributed by atoms with E-state index in [2.05, 4.69) is 4.72 Å². The lowest BCUT2D eigenvalue weighted by atomic mass is 10.2. The van der Waals surface area contributed by atoms with E-state index in [0.29, 0.717) is 0 Å². The fourth-order valence-corrected chi connectivity index (χ4v) is 4.31. The summed E-state index contributed by atoms with van der Waals surface area (Å²) >= 11 is 1.44. The second kappa shape index (κ2) is 7.56. The van der Waals surface area contributed by atoms with Crippen molar-refractivity contribution in [2.45, 2.75) is 30.3 Å². The average Bonchev–Trinajstić information content (AvgIpc) is 3.32. The lowest BCUT2D eigenvalue weighted by Crippen LogP contribution is -2.37. The van der Waals surface area contributed by atoms with Gasteiger partial charge in [0.25, 0.3) is 5.91 Å². The number of aliphatic carboxylic acids is 1. The molecule has 1 amide bonds. The van der Waals surface area contributed by atoms with Gasteiger partial charge in [-0.15, -0.1) is 11.3 Å². The Labute approximate surface area is 155 Å². The molecule has 26 heavy (non-hydrogen) atoms. The van der Waals surface area contributed by atoms with Gasteiger partial charge < -0.3 is 10.0 Å². The van der Waals surface area contributed by atoms with Crippen LogP contribution in [-0.4, -0.2) is 42.9 Å². The number of benzene rings is 1. The second-order valence-electron chi connectivity index (χ2n) is 5.99. The minimum atomic E-state index is -3.78. The Morgan fingerprint density at radius 3 is 2.62 bits per heavy atom. The summed E-state index contributed by atoms with van der Waals surface area (Å²) in [7, 11) is -3.78. The number of carbonyl (C=O) groups excluding carboxylic acids is 1. The molecule has 0 atom stereocenters. The van der Waals surface area contributed by atoms with Crippen LogP contribution in [0.4, 0.5) is 0 Å². The molecule has 1 aromatic carbocycles. The van der Waals surface area contributed by atoms with E-state index >= 15 is 0 Å². The number of carboxylic acids is 1. The van der Waals surface area contributed by atoms with Gasteiger partial charge in [0.05, 0.1) is 4.90 Å². The zero-order chi connectivity index (χ0) is 18.7. The predicted molar refractivity (Wildman–Crippen MR) is 96.5 cm³/mol. The minimum Gasteiger partial charge on any atom is -0.480 e. The Bertz CT molecular complexity index is 905. The number of hydrogen-bond acceptors (Lipinski definition) is 5. The Morgan fingerprint density at radius 2 is 2.00 bits per heavy atom. The molecule has 0 unspecified atom stereocenters. The third-order valence-corrected chi connectivity index (χ3v) is 6.24. The summed E-state index contributed by atoms with van der Waals surface area (Å²) in [5.41, 5.74) is 0.164. The van der Waals surface area contributed by atoms with E-state index in [-0.39, 0.29) is 23.0 Å². The monoisotopic (exact) mass is 394 g/mol. The molecule has 0 aliphatic heterocycles. The van der Waals surface area contributed by atoms with E-state index in [4.69, 9.17) is 5.11 Å². The zero-order valence-electron chi connectivity index (χ0n) is 13.8. The molecule has 2 aromatic rings. The highest BCUT2D eigenvalue weighted by atomic mass is 32.2. The molecule has 1 saturated carbocycles. The van der Waals surface area contributed by atoms with Gasteiger partial charge in [-0.1, -0.05) is 12.1 Å². The molecule has 1 aromatic heterocycles. The Hall–Kier alpha value is -2.23. The van der Waals surface area contributed by atoms with Gasteiger partial charge in [0.2, 0.25) is 10.0 Å². The number of rotatable bonds is 8. The van der Waals surface area contributed by atoms with Gasteiger partial charge in [0.15, 0.2) is 0 Å². The average molecular weight is 394 g/mol. The van der Waals surface area contributed by atoms with E-state index in [0.717, 1.165) is 17.7 Å². The molecule has 2 N–H and O–H groups in total. The summed E-state index contributed by atoms with van der Waals surface area (Å²) < 4.78 is 27.4. The molecule has 0 bridgehead atoms.